The molecule has 1 fully saturated rings. The molecule has 0 amide bonds. The van der Waals surface area contributed by atoms with E-state index in [0.29, 0.717) is 28.9 Å². The standard InChI is InChI=1S/C15H19ClO3/c1-18-15-7-6-12(8-13(15)16)14(17)10-19-9-11-4-2-3-5-11/h6-8,11H,2-5,9-10H2,1H3. The Kier molecular flexibility index (Phi) is 5.23. The number of hydrogen-bond donors (Lipinski definition) is 0. The third-order valence-electron chi connectivity index (χ3n) is 3.54. The number of ketones is 1. The van der Waals surface area contributed by atoms with Gasteiger partial charge in [0.2, 0.25) is 0 Å². The van der Waals surface area contributed by atoms with Gasteiger partial charge in [0.1, 0.15) is 12.4 Å². The molecule has 0 aromatic heterocycles. The van der Waals surface area contributed by atoms with Gasteiger partial charge < -0.3 is 9.47 Å². The Morgan fingerprint density at radius 1 is 1.37 bits per heavy atom. The van der Waals surface area contributed by atoms with Crippen LogP contribution < -0.4 is 4.74 Å². The summed E-state index contributed by atoms with van der Waals surface area (Å²) in [6.45, 7) is 0.814. The zero-order valence-electron chi connectivity index (χ0n) is 11.2. The molecule has 19 heavy (non-hydrogen) atoms. The number of carbonyl (C=O) groups excluding carboxylic acids is 1. The molecule has 2 rings (SSSR count). The Balaban J connectivity index is 1.83. The monoisotopic (exact) mass is 282 g/mol. The number of ether oxygens (including phenoxy) is 2. The minimum absolute atomic E-state index is 0.0393. The van der Waals surface area contributed by atoms with Crippen molar-refractivity contribution in [1.29, 1.82) is 0 Å². The Morgan fingerprint density at radius 2 is 2.11 bits per heavy atom. The first-order valence-electron chi connectivity index (χ1n) is 6.65. The third-order valence-corrected chi connectivity index (χ3v) is 3.83. The molecule has 1 aromatic carbocycles. The fourth-order valence-corrected chi connectivity index (χ4v) is 2.68. The van der Waals surface area contributed by atoms with Crippen LogP contribution in [0.4, 0.5) is 0 Å². The van der Waals surface area contributed by atoms with Gasteiger partial charge in [-0.25, -0.2) is 0 Å². The van der Waals surface area contributed by atoms with Crippen LogP contribution in [0.25, 0.3) is 0 Å². The smallest absolute Gasteiger partial charge is 0.188 e. The lowest BCUT2D eigenvalue weighted by atomic mass is 10.1. The third kappa shape index (κ3) is 3.95. The van der Waals surface area contributed by atoms with Gasteiger partial charge in [0.15, 0.2) is 5.78 Å². The molecule has 0 atom stereocenters. The first-order valence-corrected chi connectivity index (χ1v) is 7.03. The van der Waals surface area contributed by atoms with Gasteiger partial charge >= 0.3 is 0 Å². The number of halogens is 1. The Hall–Kier alpha value is -1.06. The van der Waals surface area contributed by atoms with Gasteiger partial charge in [0.25, 0.3) is 0 Å². The van der Waals surface area contributed by atoms with E-state index in [1.165, 1.54) is 25.7 Å². The van der Waals surface area contributed by atoms with E-state index in [2.05, 4.69) is 0 Å². The molecule has 0 N–H and O–H groups in total. The first-order chi connectivity index (χ1) is 9.20. The van der Waals surface area contributed by atoms with Crippen LogP contribution in [0, 0.1) is 5.92 Å². The molecule has 0 radical (unpaired) electrons. The van der Waals surface area contributed by atoms with E-state index in [0.717, 1.165) is 0 Å². The molecule has 1 aromatic rings. The summed E-state index contributed by atoms with van der Waals surface area (Å²) in [5.74, 6) is 1.17. The van der Waals surface area contributed by atoms with Crippen molar-refractivity contribution in [2.24, 2.45) is 5.92 Å². The highest BCUT2D eigenvalue weighted by Crippen LogP contribution is 2.26. The average Bonchev–Trinajstić information content (AvgIpc) is 2.91. The fraction of sp³-hybridized carbons (Fsp3) is 0.533. The van der Waals surface area contributed by atoms with Crippen molar-refractivity contribution < 1.29 is 14.3 Å². The molecule has 3 nitrogen and oxygen atoms in total. The molecule has 0 aliphatic heterocycles. The van der Waals surface area contributed by atoms with E-state index >= 15 is 0 Å². The normalized spacial score (nSPS) is 15.7. The highest BCUT2D eigenvalue weighted by atomic mass is 35.5. The van der Waals surface area contributed by atoms with Gasteiger partial charge in [-0.3, -0.25) is 4.79 Å². The van der Waals surface area contributed by atoms with Gasteiger partial charge in [-0.2, -0.15) is 0 Å². The molecule has 0 unspecified atom stereocenters. The summed E-state index contributed by atoms with van der Waals surface area (Å²) in [4.78, 5) is 11.9. The SMILES string of the molecule is COc1ccc(C(=O)COCC2CCCC2)cc1Cl. The number of carbonyl (C=O) groups is 1. The molecule has 1 saturated carbocycles. The molecule has 104 valence electrons. The van der Waals surface area contributed by atoms with Crippen molar-refractivity contribution in [2.45, 2.75) is 25.7 Å². The van der Waals surface area contributed by atoms with Crippen molar-refractivity contribution in [3.8, 4) is 5.75 Å². The molecule has 0 spiro atoms. The number of rotatable bonds is 6. The molecule has 0 bridgehead atoms. The van der Waals surface area contributed by atoms with Crippen molar-refractivity contribution in [3.63, 3.8) is 0 Å². The molecular weight excluding hydrogens is 264 g/mol. The predicted molar refractivity (Wildman–Crippen MR) is 75.1 cm³/mol. The molecule has 1 aliphatic carbocycles. The zero-order chi connectivity index (χ0) is 13.7. The fourth-order valence-electron chi connectivity index (χ4n) is 2.42. The molecular formula is C15H19ClO3. The summed E-state index contributed by atoms with van der Waals surface area (Å²) in [5.41, 5.74) is 0.567. The van der Waals surface area contributed by atoms with E-state index in [-0.39, 0.29) is 12.4 Å². The predicted octanol–water partition coefficient (Wildman–Crippen LogP) is 3.74. The summed E-state index contributed by atoms with van der Waals surface area (Å²) in [5, 5.41) is 0.448. The van der Waals surface area contributed by atoms with Gasteiger partial charge in [-0.05, 0) is 37.0 Å². The van der Waals surface area contributed by atoms with Crippen LogP contribution in [0.15, 0.2) is 18.2 Å². The summed E-state index contributed by atoms with van der Waals surface area (Å²) < 4.78 is 10.6. The Bertz CT molecular complexity index is 439. The molecule has 1 aliphatic rings. The van der Waals surface area contributed by atoms with Crippen LogP contribution >= 0.6 is 11.6 Å². The van der Waals surface area contributed by atoms with Crippen LogP contribution in [-0.2, 0) is 4.74 Å². The maximum Gasteiger partial charge on any atom is 0.188 e. The minimum atomic E-state index is -0.0393. The second-order valence-electron chi connectivity index (χ2n) is 4.94. The maximum atomic E-state index is 11.9. The van der Waals surface area contributed by atoms with E-state index in [1.807, 2.05) is 0 Å². The lowest BCUT2D eigenvalue weighted by molar-refractivity contribution is 0.0681. The lowest BCUT2D eigenvalue weighted by Gasteiger charge is -2.10. The van der Waals surface area contributed by atoms with Crippen LogP contribution in [0.1, 0.15) is 36.0 Å². The summed E-state index contributed by atoms with van der Waals surface area (Å²) in [6.07, 6.45) is 5.03. The second kappa shape index (κ2) is 6.92. The quantitative estimate of drug-likeness (QED) is 0.746. The van der Waals surface area contributed by atoms with Crippen LogP contribution in [0.2, 0.25) is 5.02 Å². The van der Waals surface area contributed by atoms with Crippen molar-refractivity contribution in [1.82, 2.24) is 0 Å². The number of Topliss-reactive ketones (excluding diaryl/α,β-unsaturated/α-hetero) is 1. The van der Waals surface area contributed by atoms with Crippen molar-refractivity contribution >= 4 is 17.4 Å². The van der Waals surface area contributed by atoms with Crippen LogP contribution in [-0.4, -0.2) is 26.1 Å². The summed E-state index contributed by atoms with van der Waals surface area (Å²) in [6, 6.07) is 5.04. The lowest BCUT2D eigenvalue weighted by Crippen LogP contribution is -2.13. The second-order valence-corrected chi connectivity index (χ2v) is 5.35. The van der Waals surface area contributed by atoms with Crippen molar-refractivity contribution in [2.75, 3.05) is 20.3 Å². The number of methoxy groups -OCH3 is 1. The van der Waals surface area contributed by atoms with Crippen LogP contribution in [0.3, 0.4) is 0 Å². The summed E-state index contributed by atoms with van der Waals surface area (Å²) >= 11 is 5.99. The average molecular weight is 283 g/mol. The molecule has 0 saturated heterocycles. The van der Waals surface area contributed by atoms with Gasteiger partial charge in [0, 0.05) is 5.56 Å². The zero-order valence-corrected chi connectivity index (χ0v) is 11.9. The van der Waals surface area contributed by atoms with E-state index in [4.69, 9.17) is 21.1 Å². The van der Waals surface area contributed by atoms with E-state index in [1.54, 1.807) is 25.3 Å². The van der Waals surface area contributed by atoms with Gasteiger partial charge in [-0.1, -0.05) is 24.4 Å². The topological polar surface area (TPSA) is 35.5 Å². The van der Waals surface area contributed by atoms with Crippen LogP contribution in [0.5, 0.6) is 5.75 Å². The Morgan fingerprint density at radius 3 is 2.74 bits per heavy atom. The van der Waals surface area contributed by atoms with Gasteiger partial charge in [-0.15, -0.1) is 0 Å². The molecule has 0 heterocycles. The van der Waals surface area contributed by atoms with E-state index < -0.39 is 0 Å². The largest absolute Gasteiger partial charge is 0.495 e. The van der Waals surface area contributed by atoms with Gasteiger partial charge in [0.05, 0.1) is 18.7 Å². The van der Waals surface area contributed by atoms with E-state index in [9.17, 15) is 4.79 Å². The number of hydrogen-bond acceptors (Lipinski definition) is 3. The maximum absolute atomic E-state index is 11.9. The highest BCUT2D eigenvalue weighted by molar-refractivity contribution is 6.32. The first kappa shape index (κ1) is 14.4. The number of benzene rings is 1. The van der Waals surface area contributed by atoms with Crippen molar-refractivity contribution in [3.05, 3.63) is 28.8 Å². The molecule has 4 heteroatoms. The highest BCUT2D eigenvalue weighted by Gasteiger charge is 2.16. The summed E-state index contributed by atoms with van der Waals surface area (Å²) in [7, 11) is 1.55. The Labute approximate surface area is 118 Å². The minimum Gasteiger partial charge on any atom is -0.495 e.